The molecule has 2 N–H and O–H groups in total. The van der Waals surface area contributed by atoms with E-state index in [9.17, 15) is 4.79 Å². The summed E-state index contributed by atoms with van der Waals surface area (Å²) in [7, 11) is 0. The van der Waals surface area contributed by atoms with Crippen molar-refractivity contribution in [2.24, 2.45) is 5.92 Å². The molecular weight excluding hydrogens is 238 g/mol. The molecule has 0 unspecified atom stereocenters. The van der Waals surface area contributed by atoms with Crippen LogP contribution in [0.5, 0.6) is 0 Å². The lowest BCUT2D eigenvalue weighted by molar-refractivity contribution is -0.117. The number of rotatable bonds is 3. The minimum Gasteiger partial charge on any atom is -0.384 e. The normalized spacial score (nSPS) is 14.2. The maximum atomic E-state index is 11.8. The van der Waals surface area contributed by atoms with Gasteiger partial charge < -0.3 is 10.4 Å². The van der Waals surface area contributed by atoms with E-state index in [-0.39, 0.29) is 12.5 Å². The molecule has 0 saturated heterocycles. The topological polar surface area (TPSA) is 49.3 Å². The number of aliphatic hydroxyl groups is 1. The smallest absolute Gasteiger partial charge is 0.224 e. The molecule has 1 saturated carbocycles. The number of hydrogen-bond acceptors (Lipinski definition) is 2. The van der Waals surface area contributed by atoms with Crippen molar-refractivity contribution in [3.63, 3.8) is 0 Å². The van der Waals surface area contributed by atoms with Gasteiger partial charge in [-0.1, -0.05) is 18.3 Å². The largest absolute Gasteiger partial charge is 0.384 e. The average molecular weight is 257 g/mol. The molecule has 3 nitrogen and oxygen atoms in total. The number of carbonyl (C=O) groups is 1. The van der Waals surface area contributed by atoms with Crippen LogP contribution in [0, 0.1) is 24.7 Å². The van der Waals surface area contributed by atoms with Gasteiger partial charge in [-0.25, -0.2) is 0 Å². The summed E-state index contributed by atoms with van der Waals surface area (Å²) < 4.78 is 0. The highest BCUT2D eigenvalue weighted by Crippen LogP contribution is 2.29. The fraction of sp³-hybridized carbons (Fsp3) is 0.438. The van der Waals surface area contributed by atoms with Gasteiger partial charge in [-0.15, -0.1) is 0 Å². The van der Waals surface area contributed by atoms with Gasteiger partial charge in [0.15, 0.2) is 0 Å². The van der Waals surface area contributed by atoms with Crippen LogP contribution in [0.4, 0.5) is 5.69 Å². The van der Waals surface area contributed by atoms with Crippen molar-refractivity contribution < 1.29 is 9.90 Å². The van der Waals surface area contributed by atoms with Gasteiger partial charge in [0, 0.05) is 17.7 Å². The van der Waals surface area contributed by atoms with Gasteiger partial charge in [-0.3, -0.25) is 4.79 Å². The average Bonchev–Trinajstić information content (AvgIpc) is 2.33. The number of amides is 1. The summed E-state index contributed by atoms with van der Waals surface area (Å²) in [6, 6.07) is 5.64. The summed E-state index contributed by atoms with van der Waals surface area (Å²) in [6.45, 7) is 1.81. The molecule has 1 aromatic rings. The first-order valence-corrected chi connectivity index (χ1v) is 6.69. The maximum Gasteiger partial charge on any atom is 0.224 e. The SMILES string of the molecule is Cc1cc(NC(=O)CC2CCC2)ccc1C#CCO. The lowest BCUT2D eigenvalue weighted by Gasteiger charge is -2.24. The number of benzene rings is 1. The fourth-order valence-electron chi connectivity index (χ4n) is 2.19. The summed E-state index contributed by atoms with van der Waals surface area (Å²) in [6.07, 6.45) is 4.25. The highest BCUT2D eigenvalue weighted by atomic mass is 16.2. The van der Waals surface area contributed by atoms with Crippen LogP contribution >= 0.6 is 0 Å². The number of carbonyl (C=O) groups excluding carboxylic acids is 1. The molecule has 0 heterocycles. The molecule has 0 radical (unpaired) electrons. The van der Waals surface area contributed by atoms with Gasteiger partial charge in [0.2, 0.25) is 5.91 Å². The molecule has 0 spiro atoms. The third-order valence-corrected chi connectivity index (χ3v) is 3.51. The first-order chi connectivity index (χ1) is 9.19. The molecule has 0 aromatic heterocycles. The standard InChI is InChI=1S/C16H19NO2/c1-12-10-15(8-7-14(12)6-3-9-18)17-16(19)11-13-4-2-5-13/h7-8,10,13,18H,2,4-5,9,11H2,1H3,(H,17,19). The number of aryl methyl sites for hydroxylation is 1. The Balaban J connectivity index is 1.96. The quantitative estimate of drug-likeness (QED) is 0.817. The molecular formula is C16H19NO2. The van der Waals surface area contributed by atoms with Crippen LogP contribution in [0.1, 0.15) is 36.8 Å². The summed E-state index contributed by atoms with van der Waals surface area (Å²) in [5, 5.41) is 11.6. The van der Waals surface area contributed by atoms with Gasteiger partial charge in [0.1, 0.15) is 6.61 Å². The van der Waals surface area contributed by atoms with Crippen LogP contribution in [0.25, 0.3) is 0 Å². The Labute approximate surface area is 114 Å². The van der Waals surface area contributed by atoms with Crippen molar-refractivity contribution in [3.05, 3.63) is 29.3 Å². The van der Waals surface area contributed by atoms with E-state index in [0.717, 1.165) is 16.8 Å². The van der Waals surface area contributed by atoms with Crippen LogP contribution in [0.15, 0.2) is 18.2 Å². The Bertz CT molecular complexity index is 521. The van der Waals surface area contributed by atoms with Crippen LogP contribution < -0.4 is 5.32 Å². The van der Waals surface area contributed by atoms with E-state index in [1.165, 1.54) is 19.3 Å². The number of anilines is 1. The van der Waals surface area contributed by atoms with Crippen LogP contribution in [0.3, 0.4) is 0 Å². The predicted molar refractivity (Wildman–Crippen MR) is 75.7 cm³/mol. The summed E-state index contributed by atoms with van der Waals surface area (Å²) in [5.74, 6) is 6.18. The second-order valence-electron chi connectivity index (χ2n) is 5.04. The van der Waals surface area contributed by atoms with Gasteiger partial charge in [-0.05, 0) is 49.4 Å². The van der Waals surface area contributed by atoms with Crippen LogP contribution in [-0.2, 0) is 4.79 Å². The second-order valence-corrected chi connectivity index (χ2v) is 5.04. The Hall–Kier alpha value is -1.79. The minimum absolute atomic E-state index is 0.0956. The fourth-order valence-corrected chi connectivity index (χ4v) is 2.19. The molecule has 0 atom stereocenters. The van der Waals surface area contributed by atoms with Gasteiger partial charge >= 0.3 is 0 Å². The third-order valence-electron chi connectivity index (χ3n) is 3.51. The highest BCUT2D eigenvalue weighted by molar-refractivity contribution is 5.91. The molecule has 1 aromatic carbocycles. The van der Waals surface area contributed by atoms with E-state index < -0.39 is 0 Å². The second kappa shape index (κ2) is 6.40. The molecule has 3 heteroatoms. The lowest BCUT2D eigenvalue weighted by atomic mass is 9.83. The summed E-state index contributed by atoms with van der Waals surface area (Å²) >= 11 is 0. The Kier molecular flexibility index (Phi) is 4.59. The molecule has 2 rings (SSSR count). The molecule has 1 amide bonds. The number of hydrogen-bond donors (Lipinski definition) is 2. The van der Waals surface area contributed by atoms with Gasteiger partial charge in [-0.2, -0.15) is 0 Å². The zero-order valence-corrected chi connectivity index (χ0v) is 11.2. The van der Waals surface area contributed by atoms with Crippen LogP contribution in [0.2, 0.25) is 0 Å². The van der Waals surface area contributed by atoms with E-state index in [1.807, 2.05) is 25.1 Å². The van der Waals surface area contributed by atoms with Crippen molar-refractivity contribution in [1.82, 2.24) is 0 Å². The highest BCUT2D eigenvalue weighted by Gasteiger charge is 2.20. The first kappa shape index (κ1) is 13.6. The first-order valence-electron chi connectivity index (χ1n) is 6.69. The van der Waals surface area contributed by atoms with Gasteiger partial charge in [0.25, 0.3) is 0 Å². The Morgan fingerprint density at radius 3 is 2.84 bits per heavy atom. The molecule has 0 bridgehead atoms. The molecule has 100 valence electrons. The predicted octanol–water partition coefficient (Wildman–Crippen LogP) is 2.47. The van der Waals surface area contributed by atoms with Crippen molar-refractivity contribution >= 4 is 11.6 Å². The summed E-state index contributed by atoms with van der Waals surface area (Å²) in [5.41, 5.74) is 2.70. The number of nitrogens with one attached hydrogen (secondary N) is 1. The van der Waals surface area contributed by atoms with E-state index in [2.05, 4.69) is 17.2 Å². The summed E-state index contributed by atoms with van der Waals surface area (Å²) in [4.78, 5) is 11.8. The van der Waals surface area contributed by atoms with Gasteiger partial charge in [0.05, 0.1) is 0 Å². The zero-order valence-electron chi connectivity index (χ0n) is 11.2. The third kappa shape index (κ3) is 3.84. The minimum atomic E-state index is -0.140. The molecule has 19 heavy (non-hydrogen) atoms. The van der Waals surface area contributed by atoms with E-state index in [1.54, 1.807) is 0 Å². The Morgan fingerprint density at radius 1 is 1.47 bits per heavy atom. The molecule has 0 aliphatic heterocycles. The lowest BCUT2D eigenvalue weighted by Crippen LogP contribution is -2.20. The molecule has 1 aliphatic carbocycles. The van der Waals surface area contributed by atoms with E-state index >= 15 is 0 Å². The van der Waals surface area contributed by atoms with E-state index in [0.29, 0.717) is 12.3 Å². The monoisotopic (exact) mass is 257 g/mol. The van der Waals surface area contributed by atoms with Crippen molar-refractivity contribution in [2.75, 3.05) is 11.9 Å². The van der Waals surface area contributed by atoms with Crippen molar-refractivity contribution in [1.29, 1.82) is 0 Å². The van der Waals surface area contributed by atoms with Crippen molar-refractivity contribution in [3.8, 4) is 11.8 Å². The van der Waals surface area contributed by atoms with E-state index in [4.69, 9.17) is 5.11 Å². The maximum absolute atomic E-state index is 11.8. The zero-order chi connectivity index (χ0) is 13.7. The molecule has 1 fully saturated rings. The molecule has 1 aliphatic rings. The van der Waals surface area contributed by atoms with Crippen LogP contribution in [-0.4, -0.2) is 17.6 Å². The number of aliphatic hydroxyl groups excluding tert-OH is 1. The Morgan fingerprint density at radius 2 is 2.26 bits per heavy atom. The van der Waals surface area contributed by atoms with Crippen molar-refractivity contribution in [2.45, 2.75) is 32.6 Å².